The standard InChI is InChI=1S/C30H29N5O5S/c1-34-12-14-35(15-13-34)29(37)21-8-6-20(7-9-21)27(40-22-10-4-19(18-31)5-11-22)28(36)33-30-32-23-16-24(38-2)25(39-3)17-26(23)41-30/h4-11,16-17,27H,12-15H2,1-3H3,(H,32,33,36). The average molecular weight is 572 g/mol. The fraction of sp³-hybridized carbons (Fsp3) is 0.267. The van der Waals surface area contributed by atoms with Gasteiger partial charge in [-0.2, -0.15) is 5.26 Å². The summed E-state index contributed by atoms with van der Waals surface area (Å²) in [4.78, 5) is 35.2. The SMILES string of the molecule is COc1cc2nc(NC(=O)C(Oc3ccc(C#N)cc3)c3ccc(C(=O)N4CCN(C)CC4)cc3)sc2cc1OC. The van der Waals surface area contributed by atoms with Gasteiger partial charge in [0.25, 0.3) is 11.8 Å². The summed E-state index contributed by atoms with van der Waals surface area (Å²) in [5, 5.41) is 12.4. The van der Waals surface area contributed by atoms with E-state index < -0.39 is 12.0 Å². The van der Waals surface area contributed by atoms with Crippen molar-refractivity contribution >= 4 is 38.5 Å². The molecule has 0 spiro atoms. The molecule has 1 unspecified atom stereocenters. The Kier molecular flexibility index (Phi) is 8.33. The van der Waals surface area contributed by atoms with Crippen molar-refractivity contribution in [2.24, 2.45) is 0 Å². The number of hydrogen-bond donors (Lipinski definition) is 1. The number of amides is 2. The zero-order chi connectivity index (χ0) is 28.9. The number of aromatic nitrogens is 1. The third-order valence-corrected chi connectivity index (χ3v) is 7.78. The first-order valence-corrected chi connectivity index (χ1v) is 13.8. The molecule has 0 saturated carbocycles. The molecule has 1 fully saturated rings. The number of carbonyl (C=O) groups excluding carboxylic acids is 2. The summed E-state index contributed by atoms with van der Waals surface area (Å²) in [7, 11) is 5.15. The molecule has 1 atom stereocenters. The number of ether oxygens (including phenoxy) is 3. The van der Waals surface area contributed by atoms with E-state index in [0.717, 1.165) is 17.8 Å². The van der Waals surface area contributed by atoms with Gasteiger partial charge < -0.3 is 24.0 Å². The highest BCUT2D eigenvalue weighted by atomic mass is 32.1. The molecule has 5 rings (SSSR count). The summed E-state index contributed by atoms with van der Waals surface area (Å²) in [6, 6.07) is 19.0. The minimum atomic E-state index is -1.05. The normalized spacial score (nSPS) is 14.2. The molecule has 10 nitrogen and oxygen atoms in total. The number of carbonyl (C=O) groups is 2. The van der Waals surface area contributed by atoms with Crippen molar-refractivity contribution < 1.29 is 23.8 Å². The second kappa shape index (κ2) is 12.2. The molecule has 11 heteroatoms. The van der Waals surface area contributed by atoms with Gasteiger partial charge in [-0.3, -0.25) is 14.9 Å². The number of thiazole rings is 1. The van der Waals surface area contributed by atoms with Crippen molar-refractivity contribution in [1.29, 1.82) is 5.26 Å². The van der Waals surface area contributed by atoms with Crippen LogP contribution in [0.2, 0.25) is 0 Å². The highest BCUT2D eigenvalue weighted by Gasteiger charge is 2.26. The summed E-state index contributed by atoms with van der Waals surface area (Å²) in [5.74, 6) is 1.04. The monoisotopic (exact) mass is 571 g/mol. The van der Waals surface area contributed by atoms with Gasteiger partial charge in [-0.1, -0.05) is 23.5 Å². The second-order valence-corrected chi connectivity index (χ2v) is 10.6. The average Bonchev–Trinajstić information content (AvgIpc) is 3.40. The molecule has 0 bridgehead atoms. The number of anilines is 1. The highest BCUT2D eigenvalue weighted by Crippen LogP contribution is 2.36. The zero-order valence-corrected chi connectivity index (χ0v) is 23.7. The molecule has 1 aromatic heterocycles. The van der Waals surface area contributed by atoms with Crippen molar-refractivity contribution in [3.8, 4) is 23.3 Å². The highest BCUT2D eigenvalue weighted by molar-refractivity contribution is 7.22. The van der Waals surface area contributed by atoms with Crippen LogP contribution < -0.4 is 19.5 Å². The van der Waals surface area contributed by atoms with Crippen molar-refractivity contribution in [1.82, 2.24) is 14.8 Å². The van der Waals surface area contributed by atoms with Gasteiger partial charge in [0.1, 0.15) is 5.75 Å². The number of nitriles is 1. The Morgan fingerprint density at radius 2 is 1.63 bits per heavy atom. The fourth-order valence-corrected chi connectivity index (χ4v) is 5.37. The molecule has 0 aliphatic carbocycles. The quantitative estimate of drug-likeness (QED) is 0.332. The van der Waals surface area contributed by atoms with Gasteiger partial charge in [-0.15, -0.1) is 0 Å². The Balaban J connectivity index is 1.40. The maximum atomic E-state index is 13.6. The lowest BCUT2D eigenvalue weighted by atomic mass is 10.0. The molecule has 2 amide bonds. The lowest BCUT2D eigenvalue weighted by Gasteiger charge is -2.32. The largest absolute Gasteiger partial charge is 0.493 e. The number of nitrogens with zero attached hydrogens (tertiary/aromatic N) is 4. The minimum Gasteiger partial charge on any atom is -0.493 e. The summed E-state index contributed by atoms with van der Waals surface area (Å²) < 4.78 is 17.7. The smallest absolute Gasteiger partial charge is 0.271 e. The Labute approximate surface area is 241 Å². The Morgan fingerprint density at radius 3 is 2.27 bits per heavy atom. The van der Waals surface area contributed by atoms with E-state index in [0.29, 0.717) is 57.7 Å². The molecular weight excluding hydrogens is 542 g/mol. The molecule has 41 heavy (non-hydrogen) atoms. The molecule has 1 N–H and O–H groups in total. The number of likely N-dealkylation sites (N-methyl/N-ethyl adjacent to an activating group) is 1. The number of benzene rings is 3. The van der Waals surface area contributed by atoms with E-state index in [-0.39, 0.29) is 5.91 Å². The van der Waals surface area contributed by atoms with Gasteiger partial charge in [-0.25, -0.2) is 4.98 Å². The van der Waals surface area contributed by atoms with Crippen LogP contribution in [-0.4, -0.2) is 74.0 Å². The minimum absolute atomic E-state index is 0.0426. The number of methoxy groups -OCH3 is 2. The number of piperazine rings is 1. The molecule has 1 aliphatic rings. The van der Waals surface area contributed by atoms with Crippen molar-refractivity contribution in [2.75, 3.05) is 52.8 Å². The van der Waals surface area contributed by atoms with Crippen molar-refractivity contribution in [3.05, 3.63) is 77.4 Å². The van der Waals surface area contributed by atoms with Gasteiger partial charge in [0.2, 0.25) is 6.10 Å². The third kappa shape index (κ3) is 6.24. The van der Waals surface area contributed by atoms with Gasteiger partial charge in [-0.05, 0) is 43.4 Å². The van der Waals surface area contributed by atoms with E-state index in [1.54, 1.807) is 68.8 Å². The Bertz CT molecular complexity index is 1550. The van der Waals surface area contributed by atoms with Crippen LogP contribution in [0.25, 0.3) is 10.2 Å². The van der Waals surface area contributed by atoms with Crippen LogP contribution in [0.15, 0.2) is 60.7 Å². The molecule has 1 saturated heterocycles. The number of nitrogens with one attached hydrogen (secondary N) is 1. The van der Waals surface area contributed by atoms with Gasteiger partial charge in [0, 0.05) is 49.4 Å². The first-order valence-electron chi connectivity index (χ1n) is 13.0. The van der Waals surface area contributed by atoms with E-state index in [1.165, 1.54) is 11.3 Å². The Morgan fingerprint density at radius 1 is 0.976 bits per heavy atom. The molecular formula is C30H29N5O5S. The summed E-state index contributed by atoms with van der Waals surface area (Å²) in [6.07, 6.45) is -1.05. The third-order valence-electron chi connectivity index (χ3n) is 6.85. The fourth-order valence-electron chi connectivity index (χ4n) is 4.49. The predicted molar refractivity (Wildman–Crippen MR) is 156 cm³/mol. The van der Waals surface area contributed by atoms with Crippen LogP contribution in [-0.2, 0) is 4.79 Å². The summed E-state index contributed by atoms with van der Waals surface area (Å²) in [6.45, 7) is 3.00. The zero-order valence-electron chi connectivity index (χ0n) is 22.9. The van der Waals surface area contributed by atoms with Gasteiger partial charge in [0.05, 0.1) is 36.1 Å². The first kappa shape index (κ1) is 27.9. The number of hydrogen-bond acceptors (Lipinski definition) is 9. The summed E-state index contributed by atoms with van der Waals surface area (Å²) in [5.41, 5.74) is 2.24. The van der Waals surface area contributed by atoms with E-state index in [2.05, 4.69) is 21.3 Å². The van der Waals surface area contributed by atoms with Crippen LogP contribution in [0.1, 0.15) is 27.6 Å². The summed E-state index contributed by atoms with van der Waals surface area (Å²) >= 11 is 1.30. The second-order valence-electron chi connectivity index (χ2n) is 9.53. The molecule has 210 valence electrons. The van der Waals surface area contributed by atoms with E-state index in [4.69, 9.17) is 19.5 Å². The van der Waals surface area contributed by atoms with Crippen molar-refractivity contribution in [2.45, 2.75) is 6.10 Å². The Hall–Kier alpha value is -4.66. The topological polar surface area (TPSA) is 117 Å². The number of rotatable bonds is 8. The maximum Gasteiger partial charge on any atom is 0.271 e. The molecule has 2 heterocycles. The van der Waals surface area contributed by atoms with Gasteiger partial charge >= 0.3 is 0 Å². The van der Waals surface area contributed by atoms with Crippen LogP contribution in [0, 0.1) is 11.3 Å². The molecule has 3 aromatic carbocycles. The van der Waals surface area contributed by atoms with E-state index in [9.17, 15) is 9.59 Å². The maximum absolute atomic E-state index is 13.6. The molecule has 0 radical (unpaired) electrons. The first-order chi connectivity index (χ1) is 19.9. The van der Waals surface area contributed by atoms with E-state index >= 15 is 0 Å². The van der Waals surface area contributed by atoms with Crippen LogP contribution in [0.3, 0.4) is 0 Å². The van der Waals surface area contributed by atoms with E-state index in [1.807, 2.05) is 18.0 Å². The lowest BCUT2D eigenvalue weighted by molar-refractivity contribution is -0.123. The van der Waals surface area contributed by atoms with Crippen molar-refractivity contribution in [3.63, 3.8) is 0 Å². The number of fused-ring (bicyclic) bond motifs is 1. The molecule has 4 aromatic rings. The van der Waals surface area contributed by atoms with Crippen LogP contribution in [0.5, 0.6) is 17.2 Å². The predicted octanol–water partition coefficient (Wildman–Crippen LogP) is 4.33. The lowest BCUT2D eigenvalue weighted by Crippen LogP contribution is -2.47. The van der Waals surface area contributed by atoms with Crippen LogP contribution in [0.4, 0.5) is 5.13 Å². The van der Waals surface area contributed by atoms with Crippen LogP contribution >= 0.6 is 11.3 Å². The van der Waals surface area contributed by atoms with Gasteiger partial charge in [0.15, 0.2) is 16.6 Å². The molecule has 1 aliphatic heterocycles.